The number of halogens is 1. The van der Waals surface area contributed by atoms with Gasteiger partial charge in [-0.15, -0.1) is 0 Å². The van der Waals surface area contributed by atoms with Gasteiger partial charge in [0.2, 0.25) is 5.25 Å². The minimum atomic E-state index is -0.944. The minimum Gasteiger partial charge on any atom is -0.341 e. The average molecular weight is 833 g/mol. The predicted octanol–water partition coefficient (Wildman–Crippen LogP) is 8.08. The zero-order valence-corrected chi connectivity index (χ0v) is 31.8. The molecule has 0 heterocycles. The topological polar surface area (TPSA) is 18.5 Å². The van der Waals surface area contributed by atoms with E-state index in [1.165, 1.54) is 46.0 Å². The van der Waals surface area contributed by atoms with Crippen LogP contribution in [-0.2, 0) is 30.5 Å². The van der Waals surface area contributed by atoms with E-state index in [0.717, 1.165) is 0 Å². The Morgan fingerprint density at radius 1 is 0.370 bits per heavy atom. The van der Waals surface area contributed by atoms with Gasteiger partial charge >= 0.3 is 0 Å². The number of hydrogen-bond acceptors (Lipinski definition) is 2. The molecule has 0 aliphatic carbocycles. The summed E-state index contributed by atoms with van der Waals surface area (Å²) in [6.07, 6.45) is 0. The van der Waals surface area contributed by atoms with Crippen LogP contribution in [0.25, 0.3) is 0 Å². The Morgan fingerprint density at radius 3 is 0.630 bits per heavy atom. The fourth-order valence-corrected chi connectivity index (χ4v) is 9.05. The molecule has 0 aliphatic heterocycles. The molecule has 6 aromatic rings. The summed E-state index contributed by atoms with van der Waals surface area (Å²) in [5, 5.41) is 7.44. The fourth-order valence-electron chi connectivity index (χ4n) is 4.44. The van der Waals surface area contributed by atoms with Gasteiger partial charge < -0.3 is 9.47 Å². The Labute approximate surface area is 296 Å². The van der Waals surface area contributed by atoms with Crippen molar-refractivity contribution in [3.05, 3.63) is 182 Å². The zero-order valence-electron chi connectivity index (χ0n) is 26.3. The second-order valence-corrected chi connectivity index (χ2v) is 15.1. The molecule has 0 aromatic heterocycles. The molecular formula is C40H39ClO2P2W. The monoisotopic (exact) mass is 832 g/mol. The molecule has 0 N–H and O–H groups in total. The Hall–Kier alpha value is -2.92. The van der Waals surface area contributed by atoms with Crippen LogP contribution in [0.1, 0.15) is 6.92 Å². The molecule has 0 saturated heterocycles. The maximum absolute atomic E-state index is 5.46. The summed E-state index contributed by atoms with van der Waals surface area (Å²) in [7, 11) is 2.07. The second kappa shape index (κ2) is 20.3. The van der Waals surface area contributed by atoms with Crippen molar-refractivity contribution in [3.8, 4) is 0 Å². The molecule has 0 bridgehead atoms. The quantitative estimate of drug-likeness (QED) is 0.0879. The molecule has 234 valence electrons. The summed E-state index contributed by atoms with van der Waals surface area (Å²) in [5.41, 5.74) is 0. The van der Waals surface area contributed by atoms with Crippen LogP contribution in [0.15, 0.2) is 182 Å². The summed E-state index contributed by atoms with van der Waals surface area (Å²) in [4.78, 5) is 0. The smallest absolute Gasteiger partial charge is 0.244 e. The van der Waals surface area contributed by atoms with Crippen molar-refractivity contribution in [1.29, 1.82) is 0 Å². The molecule has 0 atom stereocenters. The van der Waals surface area contributed by atoms with Gasteiger partial charge in [0.05, 0.1) is 0 Å². The molecule has 0 amide bonds. The SMILES string of the molecule is COC(C)(Cl)OC.[W].c1ccc(P(c2ccccc2)c2ccccc2)cc1.c1ccc(P(c2ccccc2)c2ccccc2)cc1. The number of methoxy groups -OCH3 is 2. The van der Waals surface area contributed by atoms with Gasteiger partial charge in [-0.25, -0.2) is 0 Å². The number of ether oxygens (including phenoxy) is 2. The third-order valence-corrected chi connectivity index (χ3v) is 12.0. The molecule has 0 unspecified atom stereocenters. The Balaban J connectivity index is 0.000000205. The molecule has 6 heteroatoms. The van der Waals surface area contributed by atoms with E-state index in [9.17, 15) is 0 Å². The van der Waals surface area contributed by atoms with Crippen LogP contribution < -0.4 is 31.8 Å². The molecule has 2 nitrogen and oxygen atoms in total. The van der Waals surface area contributed by atoms with E-state index in [0.29, 0.717) is 0 Å². The molecule has 0 fully saturated rings. The number of rotatable bonds is 8. The van der Waals surface area contributed by atoms with Gasteiger partial charge in [-0.05, 0) is 47.7 Å². The Morgan fingerprint density at radius 2 is 0.522 bits per heavy atom. The number of hydrogen-bond donors (Lipinski definition) is 0. The second-order valence-electron chi connectivity index (χ2n) is 9.93. The third kappa shape index (κ3) is 11.7. The summed E-state index contributed by atoms with van der Waals surface area (Å²) < 4.78 is 9.26. The Bertz CT molecular complexity index is 1320. The van der Waals surface area contributed by atoms with Gasteiger partial charge in [0.25, 0.3) is 0 Å². The largest absolute Gasteiger partial charge is 0.341 e. The molecule has 0 radical (unpaired) electrons. The van der Waals surface area contributed by atoms with Crippen LogP contribution in [0.5, 0.6) is 0 Å². The van der Waals surface area contributed by atoms with Gasteiger partial charge in [-0.3, -0.25) is 0 Å². The first-order valence-corrected chi connectivity index (χ1v) is 17.8. The van der Waals surface area contributed by atoms with Crippen LogP contribution in [0.4, 0.5) is 0 Å². The van der Waals surface area contributed by atoms with Crippen LogP contribution in [0.2, 0.25) is 0 Å². The van der Waals surface area contributed by atoms with E-state index < -0.39 is 21.1 Å². The van der Waals surface area contributed by atoms with Crippen molar-refractivity contribution in [3.63, 3.8) is 0 Å². The standard InChI is InChI=1S/2C18H15P.C4H9ClO2.W/c2*1-4-10-16(11-5-1)19(17-12-6-2-7-13-17)18-14-8-3-9-15-18;1-4(5,6-2)7-3;/h2*1-15H;1-3H3;. The van der Waals surface area contributed by atoms with Crippen molar-refractivity contribution in [2.24, 2.45) is 0 Å². The first-order valence-electron chi connectivity index (χ1n) is 14.7. The average Bonchev–Trinajstić information content (AvgIpc) is 3.12. The molecular weight excluding hydrogens is 794 g/mol. The van der Waals surface area contributed by atoms with E-state index >= 15 is 0 Å². The van der Waals surface area contributed by atoms with Gasteiger partial charge in [-0.2, -0.15) is 0 Å². The molecule has 6 aromatic carbocycles. The van der Waals surface area contributed by atoms with Crippen molar-refractivity contribution in [2.75, 3.05) is 14.2 Å². The third-order valence-electron chi connectivity index (χ3n) is 6.82. The van der Waals surface area contributed by atoms with E-state index in [1.54, 1.807) is 6.92 Å². The van der Waals surface area contributed by atoms with E-state index in [2.05, 4.69) is 191 Å². The maximum Gasteiger partial charge on any atom is 0.244 e. The molecule has 0 saturated carbocycles. The summed E-state index contributed by atoms with van der Waals surface area (Å²) in [6, 6.07) is 64.7. The first-order chi connectivity index (χ1) is 22.0. The van der Waals surface area contributed by atoms with Crippen LogP contribution in [-0.4, -0.2) is 19.5 Å². The van der Waals surface area contributed by atoms with Crippen LogP contribution >= 0.6 is 27.4 Å². The summed E-state index contributed by atoms with van der Waals surface area (Å²) in [5.74, 6) is 0. The summed E-state index contributed by atoms with van der Waals surface area (Å²) in [6.45, 7) is 1.62. The number of alkyl halides is 1. The Kier molecular flexibility index (Phi) is 16.6. The number of benzene rings is 6. The van der Waals surface area contributed by atoms with Crippen molar-refractivity contribution >= 4 is 59.3 Å². The van der Waals surface area contributed by atoms with E-state index in [-0.39, 0.29) is 21.1 Å². The maximum atomic E-state index is 5.46. The van der Waals surface area contributed by atoms with E-state index in [4.69, 9.17) is 11.6 Å². The van der Waals surface area contributed by atoms with Gasteiger partial charge in [0.15, 0.2) is 0 Å². The normalized spacial score (nSPS) is 10.6. The van der Waals surface area contributed by atoms with Crippen molar-refractivity contribution < 1.29 is 30.5 Å². The van der Waals surface area contributed by atoms with Crippen molar-refractivity contribution in [2.45, 2.75) is 12.2 Å². The van der Waals surface area contributed by atoms with Crippen molar-refractivity contribution in [1.82, 2.24) is 0 Å². The van der Waals surface area contributed by atoms with Gasteiger partial charge in [-0.1, -0.05) is 194 Å². The minimum absolute atomic E-state index is 0. The summed E-state index contributed by atoms with van der Waals surface area (Å²) >= 11 is 5.46. The molecule has 46 heavy (non-hydrogen) atoms. The predicted molar refractivity (Wildman–Crippen MR) is 199 cm³/mol. The molecule has 6 rings (SSSR count). The first kappa shape index (κ1) is 37.5. The zero-order chi connectivity index (χ0) is 31.7. The molecule has 0 aliphatic rings. The van der Waals surface area contributed by atoms with Gasteiger partial charge in [0, 0.05) is 42.2 Å². The van der Waals surface area contributed by atoms with Crippen LogP contribution in [0, 0.1) is 0 Å². The van der Waals surface area contributed by atoms with Gasteiger partial charge in [0.1, 0.15) is 0 Å². The van der Waals surface area contributed by atoms with Crippen LogP contribution in [0.3, 0.4) is 0 Å². The fraction of sp³-hybridized carbons (Fsp3) is 0.100. The molecule has 0 spiro atoms. The van der Waals surface area contributed by atoms with E-state index in [1.807, 2.05) is 0 Å².